The van der Waals surface area contributed by atoms with Crippen LogP contribution in [-0.2, 0) is 17.0 Å². The Labute approximate surface area is 184 Å². The van der Waals surface area contributed by atoms with Crippen LogP contribution in [0.15, 0.2) is 36.9 Å². The second-order valence-electron chi connectivity index (χ2n) is 9.07. The van der Waals surface area contributed by atoms with Crippen LogP contribution in [0.25, 0.3) is 22.2 Å². The van der Waals surface area contributed by atoms with Gasteiger partial charge in [-0.3, -0.25) is 4.68 Å². The van der Waals surface area contributed by atoms with Crippen LogP contribution in [0.4, 0.5) is 0 Å². The lowest BCUT2D eigenvalue weighted by Gasteiger charge is -2.41. The van der Waals surface area contributed by atoms with Crippen molar-refractivity contribution < 1.29 is 4.74 Å². The molecule has 1 fully saturated rings. The Hall–Kier alpha value is -2.18. The summed E-state index contributed by atoms with van der Waals surface area (Å²) >= 11 is 0. The SMILES string of the molecule is C[Si](C)(C)CCOCn1ccc2c(-c3cnn(C4(CC#N)CNC4)c3)ccnc21.Cl. The molecule has 0 aromatic carbocycles. The molecule has 4 rings (SSSR count). The van der Waals surface area contributed by atoms with Gasteiger partial charge < -0.3 is 14.6 Å². The van der Waals surface area contributed by atoms with Crippen molar-refractivity contribution in [1.29, 1.82) is 5.26 Å². The lowest BCUT2D eigenvalue weighted by molar-refractivity contribution is 0.0899. The van der Waals surface area contributed by atoms with Crippen molar-refractivity contribution in [2.24, 2.45) is 0 Å². The van der Waals surface area contributed by atoms with E-state index >= 15 is 0 Å². The van der Waals surface area contributed by atoms with E-state index in [4.69, 9.17) is 4.74 Å². The van der Waals surface area contributed by atoms with Crippen LogP contribution in [0.3, 0.4) is 0 Å². The van der Waals surface area contributed by atoms with Crippen molar-refractivity contribution in [3.8, 4) is 17.2 Å². The molecule has 30 heavy (non-hydrogen) atoms. The lowest BCUT2D eigenvalue weighted by Crippen LogP contribution is -2.60. The van der Waals surface area contributed by atoms with Gasteiger partial charge in [0.25, 0.3) is 0 Å². The molecule has 0 unspecified atom stereocenters. The summed E-state index contributed by atoms with van der Waals surface area (Å²) in [6, 6.07) is 7.57. The quantitative estimate of drug-likeness (QED) is 0.421. The lowest BCUT2D eigenvalue weighted by atomic mass is 9.89. The van der Waals surface area contributed by atoms with Gasteiger partial charge in [-0.05, 0) is 23.7 Å². The first-order valence-corrected chi connectivity index (χ1v) is 13.8. The smallest absolute Gasteiger partial charge is 0.142 e. The number of nitriles is 1. The number of halogens is 1. The maximum atomic E-state index is 9.19. The molecule has 3 aromatic heterocycles. The van der Waals surface area contributed by atoms with Gasteiger partial charge in [-0.2, -0.15) is 10.4 Å². The molecule has 4 heterocycles. The highest BCUT2D eigenvalue weighted by Crippen LogP contribution is 2.31. The zero-order chi connectivity index (χ0) is 20.5. The topological polar surface area (TPSA) is 80.7 Å². The fourth-order valence-electron chi connectivity index (χ4n) is 3.64. The average molecular weight is 445 g/mol. The predicted molar refractivity (Wildman–Crippen MR) is 123 cm³/mol. The van der Waals surface area contributed by atoms with E-state index in [-0.39, 0.29) is 17.9 Å². The molecule has 0 amide bonds. The number of ether oxygens (including phenoxy) is 1. The third-order valence-corrected chi connectivity index (χ3v) is 7.29. The highest BCUT2D eigenvalue weighted by molar-refractivity contribution is 6.76. The zero-order valence-corrected chi connectivity index (χ0v) is 19.6. The highest BCUT2D eigenvalue weighted by atomic mass is 35.5. The number of rotatable bonds is 8. The molecular formula is C21H29ClN6OSi. The molecule has 0 bridgehead atoms. The molecule has 0 atom stereocenters. The first kappa shape index (κ1) is 22.5. The van der Waals surface area contributed by atoms with Crippen molar-refractivity contribution in [2.45, 2.75) is 44.4 Å². The molecular weight excluding hydrogens is 416 g/mol. The molecule has 1 aliphatic rings. The Bertz CT molecular complexity index is 1040. The van der Waals surface area contributed by atoms with E-state index < -0.39 is 8.07 Å². The number of fused-ring (bicyclic) bond motifs is 1. The van der Waals surface area contributed by atoms with Crippen molar-refractivity contribution >= 4 is 31.5 Å². The van der Waals surface area contributed by atoms with E-state index in [1.165, 1.54) is 0 Å². The summed E-state index contributed by atoms with van der Waals surface area (Å²) in [7, 11) is -1.09. The summed E-state index contributed by atoms with van der Waals surface area (Å²) in [4.78, 5) is 4.58. The second-order valence-corrected chi connectivity index (χ2v) is 14.7. The average Bonchev–Trinajstić information content (AvgIpc) is 3.28. The van der Waals surface area contributed by atoms with E-state index in [9.17, 15) is 5.26 Å². The minimum Gasteiger partial charge on any atom is -0.361 e. The third-order valence-electron chi connectivity index (χ3n) is 5.58. The van der Waals surface area contributed by atoms with Gasteiger partial charge in [-0.15, -0.1) is 12.4 Å². The fourth-order valence-corrected chi connectivity index (χ4v) is 4.39. The van der Waals surface area contributed by atoms with Gasteiger partial charge in [-0.1, -0.05) is 19.6 Å². The molecule has 160 valence electrons. The molecule has 0 spiro atoms. The van der Waals surface area contributed by atoms with Gasteiger partial charge in [0, 0.05) is 57.3 Å². The summed E-state index contributed by atoms with van der Waals surface area (Å²) in [6.07, 6.45) is 8.26. The van der Waals surface area contributed by atoms with Crippen molar-refractivity contribution in [1.82, 2.24) is 24.6 Å². The molecule has 1 saturated heterocycles. The minimum absolute atomic E-state index is 0. The van der Waals surface area contributed by atoms with Gasteiger partial charge in [0.15, 0.2) is 0 Å². The van der Waals surface area contributed by atoms with E-state index in [0.717, 1.165) is 47.9 Å². The Balaban J connectivity index is 0.00000256. The summed E-state index contributed by atoms with van der Waals surface area (Å²) < 4.78 is 9.91. The molecule has 7 nitrogen and oxygen atoms in total. The Kier molecular flexibility index (Phi) is 6.67. The highest BCUT2D eigenvalue weighted by Gasteiger charge is 2.39. The Morgan fingerprint density at radius 3 is 2.77 bits per heavy atom. The van der Waals surface area contributed by atoms with Crippen LogP contribution in [0, 0.1) is 11.3 Å². The maximum Gasteiger partial charge on any atom is 0.142 e. The summed E-state index contributed by atoms with van der Waals surface area (Å²) in [5, 5.41) is 18.1. The molecule has 0 saturated carbocycles. The van der Waals surface area contributed by atoms with E-state index in [1.807, 2.05) is 29.3 Å². The Morgan fingerprint density at radius 2 is 2.10 bits per heavy atom. The van der Waals surface area contributed by atoms with Crippen LogP contribution in [0.2, 0.25) is 25.7 Å². The van der Waals surface area contributed by atoms with Gasteiger partial charge >= 0.3 is 0 Å². The normalized spacial score (nSPS) is 15.4. The van der Waals surface area contributed by atoms with Crippen LogP contribution in [-0.4, -0.2) is 47.1 Å². The zero-order valence-electron chi connectivity index (χ0n) is 17.8. The van der Waals surface area contributed by atoms with Crippen LogP contribution >= 0.6 is 12.4 Å². The second kappa shape index (κ2) is 8.90. The third kappa shape index (κ3) is 4.44. The molecule has 1 aliphatic heterocycles. The number of nitrogens with zero attached hydrogens (tertiary/aromatic N) is 5. The van der Waals surface area contributed by atoms with Crippen molar-refractivity contribution in [3.63, 3.8) is 0 Å². The first-order valence-electron chi connectivity index (χ1n) is 10.1. The minimum atomic E-state index is -1.09. The van der Waals surface area contributed by atoms with Crippen molar-refractivity contribution in [2.75, 3.05) is 19.7 Å². The molecule has 0 radical (unpaired) electrons. The number of hydrogen-bond donors (Lipinski definition) is 1. The number of hydrogen-bond acceptors (Lipinski definition) is 5. The van der Waals surface area contributed by atoms with Crippen molar-refractivity contribution in [3.05, 3.63) is 36.9 Å². The number of nitrogens with one attached hydrogen (secondary N) is 1. The van der Waals surface area contributed by atoms with Gasteiger partial charge in [0.2, 0.25) is 0 Å². The summed E-state index contributed by atoms with van der Waals surface area (Å²) in [5.74, 6) is 0. The van der Waals surface area contributed by atoms with Gasteiger partial charge in [-0.25, -0.2) is 4.98 Å². The van der Waals surface area contributed by atoms with Gasteiger partial charge in [0.05, 0.1) is 18.7 Å². The number of aromatic nitrogens is 4. The molecule has 3 aromatic rings. The van der Waals surface area contributed by atoms with E-state index in [1.54, 1.807) is 0 Å². The summed E-state index contributed by atoms with van der Waals surface area (Å²) in [5.41, 5.74) is 2.83. The standard InChI is InChI=1S/C21H28N6OSi.ClH/c1-29(2,3)11-10-28-16-26-9-5-19-18(4-8-24-20(19)26)17-12-25-27(13-17)21(6-7-22)14-23-15-21;/h4-5,8-9,12-13,23H,6,10-11,14-16H2,1-3H3;1H. The largest absolute Gasteiger partial charge is 0.361 e. The van der Waals surface area contributed by atoms with Crippen LogP contribution < -0.4 is 5.32 Å². The first-order chi connectivity index (χ1) is 13.9. The van der Waals surface area contributed by atoms with E-state index in [2.05, 4.69) is 57.9 Å². The Morgan fingerprint density at radius 1 is 1.30 bits per heavy atom. The molecule has 9 heteroatoms. The molecule has 0 aliphatic carbocycles. The van der Waals surface area contributed by atoms with Crippen LogP contribution in [0.5, 0.6) is 0 Å². The monoisotopic (exact) mass is 444 g/mol. The predicted octanol–water partition coefficient (Wildman–Crippen LogP) is 3.85. The summed E-state index contributed by atoms with van der Waals surface area (Å²) in [6.45, 7) is 9.93. The maximum absolute atomic E-state index is 9.19. The van der Waals surface area contributed by atoms with Crippen LogP contribution in [0.1, 0.15) is 6.42 Å². The van der Waals surface area contributed by atoms with E-state index in [0.29, 0.717) is 13.2 Å². The molecule has 1 N–H and O–H groups in total. The van der Waals surface area contributed by atoms with Gasteiger partial charge in [0.1, 0.15) is 17.9 Å². The fraction of sp³-hybridized carbons (Fsp3) is 0.476. The number of pyridine rings is 1.